The fraction of sp³-hybridized carbons (Fsp3) is 0.188. The van der Waals surface area contributed by atoms with E-state index in [0.717, 1.165) is 10.6 Å². The number of carbonyl (C=O) groups excluding carboxylic acids is 1. The molecule has 0 amide bonds. The van der Waals surface area contributed by atoms with Crippen LogP contribution in [0.4, 0.5) is 17.1 Å². The van der Waals surface area contributed by atoms with E-state index in [4.69, 9.17) is 10.5 Å². The highest BCUT2D eigenvalue weighted by molar-refractivity contribution is 7.98. The Morgan fingerprint density at radius 3 is 2.71 bits per heavy atom. The number of anilines is 3. The van der Waals surface area contributed by atoms with Crippen LogP contribution < -0.4 is 11.1 Å². The van der Waals surface area contributed by atoms with Crippen LogP contribution in [0.5, 0.6) is 0 Å². The van der Waals surface area contributed by atoms with Crippen LogP contribution in [-0.4, -0.2) is 18.8 Å². The van der Waals surface area contributed by atoms with Crippen molar-refractivity contribution in [2.75, 3.05) is 23.9 Å². The maximum absolute atomic E-state index is 12.0. The highest BCUT2D eigenvalue weighted by atomic mass is 32.2. The van der Waals surface area contributed by atoms with Crippen molar-refractivity contribution in [2.45, 2.75) is 11.8 Å². The molecule has 0 radical (unpaired) electrons. The molecule has 4 nitrogen and oxygen atoms in total. The van der Waals surface area contributed by atoms with Crippen LogP contribution in [0.15, 0.2) is 47.4 Å². The van der Waals surface area contributed by atoms with Crippen LogP contribution in [-0.2, 0) is 4.74 Å². The molecule has 0 saturated carbocycles. The molecule has 5 heteroatoms. The van der Waals surface area contributed by atoms with Crippen molar-refractivity contribution >= 4 is 34.8 Å². The highest BCUT2D eigenvalue weighted by Crippen LogP contribution is 2.32. The first-order chi connectivity index (χ1) is 10.2. The van der Waals surface area contributed by atoms with Gasteiger partial charge >= 0.3 is 5.97 Å². The fourth-order valence-corrected chi connectivity index (χ4v) is 2.52. The molecule has 0 aliphatic carbocycles. The zero-order valence-corrected chi connectivity index (χ0v) is 12.9. The molecule has 2 aromatic carbocycles. The van der Waals surface area contributed by atoms with Crippen LogP contribution in [0, 0.1) is 0 Å². The van der Waals surface area contributed by atoms with Crippen molar-refractivity contribution in [3.05, 3.63) is 48.0 Å². The molecule has 0 aromatic heterocycles. The van der Waals surface area contributed by atoms with Crippen LogP contribution in [0.25, 0.3) is 0 Å². The molecule has 21 heavy (non-hydrogen) atoms. The van der Waals surface area contributed by atoms with Gasteiger partial charge in [-0.3, -0.25) is 0 Å². The Kier molecular flexibility index (Phi) is 5.11. The molecule has 0 spiro atoms. The summed E-state index contributed by atoms with van der Waals surface area (Å²) < 4.78 is 5.08. The summed E-state index contributed by atoms with van der Waals surface area (Å²) in [6, 6.07) is 13.1. The standard InChI is InChI=1S/C16H18N2O2S/c1-3-20-16(19)11-7-6-8-12(17)15(11)18-13-9-4-5-10-14(13)21-2/h4-10,18H,3,17H2,1-2H3. The zero-order valence-electron chi connectivity index (χ0n) is 12.1. The number of ether oxygens (including phenoxy) is 1. The third-order valence-corrected chi connectivity index (χ3v) is 3.75. The van der Waals surface area contributed by atoms with Gasteiger partial charge in [0.25, 0.3) is 0 Å². The monoisotopic (exact) mass is 302 g/mol. The minimum Gasteiger partial charge on any atom is -0.462 e. The number of nitrogens with one attached hydrogen (secondary N) is 1. The van der Waals surface area contributed by atoms with E-state index in [-0.39, 0.29) is 5.97 Å². The number of nitrogen functional groups attached to an aromatic ring is 1. The zero-order chi connectivity index (χ0) is 15.2. The van der Waals surface area contributed by atoms with Crippen LogP contribution >= 0.6 is 11.8 Å². The maximum Gasteiger partial charge on any atom is 0.340 e. The van der Waals surface area contributed by atoms with E-state index in [1.165, 1.54) is 0 Å². The summed E-state index contributed by atoms with van der Waals surface area (Å²) in [5.41, 5.74) is 8.46. The van der Waals surface area contributed by atoms with Crippen molar-refractivity contribution < 1.29 is 9.53 Å². The van der Waals surface area contributed by atoms with Gasteiger partial charge in [-0.2, -0.15) is 0 Å². The first-order valence-electron chi connectivity index (χ1n) is 6.63. The molecule has 0 fully saturated rings. The molecule has 0 aliphatic rings. The van der Waals surface area contributed by atoms with Gasteiger partial charge in [0.1, 0.15) is 0 Å². The quantitative estimate of drug-likeness (QED) is 0.498. The predicted molar refractivity (Wildman–Crippen MR) is 88.3 cm³/mol. The van der Waals surface area contributed by atoms with E-state index in [1.54, 1.807) is 36.9 Å². The number of benzene rings is 2. The number of rotatable bonds is 5. The fourth-order valence-electron chi connectivity index (χ4n) is 1.97. The Labute approximate surface area is 128 Å². The van der Waals surface area contributed by atoms with Crippen molar-refractivity contribution in [2.24, 2.45) is 0 Å². The maximum atomic E-state index is 12.0. The lowest BCUT2D eigenvalue weighted by Gasteiger charge is -2.15. The summed E-state index contributed by atoms with van der Waals surface area (Å²) in [5, 5.41) is 3.25. The number of hydrogen-bond donors (Lipinski definition) is 2. The predicted octanol–water partition coefficient (Wildman–Crippen LogP) is 3.91. The summed E-state index contributed by atoms with van der Waals surface area (Å²) in [6.07, 6.45) is 2.00. The molecule has 2 rings (SSSR count). The largest absolute Gasteiger partial charge is 0.462 e. The molecular weight excluding hydrogens is 284 g/mol. The number of carbonyl (C=O) groups is 1. The number of para-hydroxylation sites is 2. The highest BCUT2D eigenvalue weighted by Gasteiger charge is 2.15. The topological polar surface area (TPSA) is 64.3 Å². The smallest absolute Gasteiger partial charge is 0.340 e. The summed E-state index contributed by atoms with van der Waals surface area (Å²) in [4.78, 5) is 13.1. The molecule has 110 valence electrons. The Bertz CT molecular complexity index is 644. The molecule has 0 heterocycles. The average Bonchev–Trinajstić information content (AvgIpc) is 2.50. The van der Waals surface area contributed by atoms with E-state index in [9.17, 15) is 4.79 Å². The summed E-state index contributed by atoms with van der Waals surface area (Å²) in [5.74, 6) is -0.381. The average molecular weight is 302 g/mol. The Balaban J connectivity index is 2.41. The molecule has 0 unspecified atom stereocenters. The minimum atomic E-state index is -0.381. The van der Waals surface area contributed by atoms with Gasteiger partial charge in [0.15, 0.2) is 0 Å². The lowest BCUT2D eigenvalue weighted by Crippen LogP contribution is -2.10. The molecule has 0 bridgehead atoms. The van der Waals surface area contributed by atoms with E-state index in [0.29, 0.717) is 23.5 Å². The van der Waals surface area contributed by atoms with Crippen molar-refractivity contribution in [1.82, 2.24) is 0 Å². The SMILES string of the molecule is CCOC(=O)c1cccc(N)c1Nc1ccccc1SC. The number of esters is 1. The molecular formula is C16H18N2O2S. The molecule has 0 atom stereocenters. The molecule has 0 aliphatic heterocycles. The first-order valence-corrected chi connectivity index (χ1v) is 7.85. The Morgan fingerprint density at radius 1 is 1.24 bits per heavy atom. The van der Waals surface area contributed by atoms with Crippen LogP contribution in [0.1, 0.15) is 17.3 Å². The van der Waals surface area contributed by atoms with Crippen molar-refractivity contribution in [3.8, 4) is 0 Å². The molecule has 0 saturated heterocycles. The van der Waals surface area contributed by atoms with Crippen molar-refractivity contribution in [3.63, 3.8) is 0 Å². The lowest BCUT2D eigenvalue weighted by molar-refractivity contribution is 0.0527. The van der Waals surface area contributed by atoms with Crippen molar-refractivity contribution in [1.29, 1.82) is 0 Å². The second-order valence-electron chi connectivity index (χ2n) is 4.32. The van der Waals surface area contributed by atoms with Gasteiger partial charge in [-0.15, -0.1) is 11.8 Å². The van der Waals surface area contributed by atoms with Gasteiger partial charge in [0.05, 0.1) is 29.2 Å². The van der Waals surface area contributed by atoms with Gasteiger partial charge < -0.3 is 15.8 Å². The third-order valence-electron chi connectivity index (χ3n) is 2.96. The lowest BCUT2D eigenvalue weighted by atomic mass is 10.1. The van der Waals surface area contributed by atoms with E-state index >= 15 is 0 Å². The van der Waals surface area contributed by atoms with Gasteiger partial charge in [-0.1, -0.05) is 18.2 Å². The van der Waals surface area contributed by atoms with Crippen LogP contribution in [0.2, 0.25) is 0 Å². The number of thioether (sulfide) groups is 1. The van der Waals surface area contributed by atoms with Crippen LogP contribution in [0.3, 0.4) is 0 Å². The summed E-state index contributed by atoms with van der Waals surface area (Å²) in [6.45, 7) is 2.11. The second-order valence-corrected chi connectivity index (χ2v) is 5.16. The minimum absolute atomic E-state index is 0.328. The summed E-state index contributed by atoms with van der Waals surface area (Å²) >= 11 is 1.63. The van der Waals surface area contributed by atoms with E-state index < -0.39 is 0 Å². The van der Waals surface area contributed by atoms with Gasteiger partial charge in [-0.05, 0) is 37.4 Å². The normalized spacial score (nSPS) is 10.2. The van der Waals surface area contributed by atoms with Gasteiger partial charge in [-0.25, -0.2) is 4.79 Å². The molecule has 2 aromatic rings. The molecule has 3 N–H and O–H groups in total. The first kappa shape index (κ1) is 15.3. The third kappa shape index (κ3) is 3.49. The van der Waals surface area contributed by atoms with E-state index in [2.05, 4.69) is 5.32 Å². The second kappa shape index (κ2) is 7.04. The summed E-state index contributed by atoms with van der Waals surface area (Å²) in [7, 11) is 0. The number of hydrogen-bond acceptors (Lipinski definition) is 5. The number of nitrogens with two attached hydrogens (primary N) is 1. The Hall–Kier alpha value is -2.14. The van der Waals surface area contributed by atoms with Gasteiger partial charge in [0, 0.05) is 4.90 Å². The Morgan fingerprint density at radius 2 is 2.00 bits per heavy atom. The van der Waals surface area contributed by atoms with Gasteiger partial charge in [0.2, 0.25) is 0 Å². The van der Waals surface area contributed by atoms with E-state index in [1.807, 2.05) is 30.5 Å².